The maximum absolute atomic E-state index is 11.8. The molecule has 0 amide bonds. The first-order valence-corrected chi connectivity index (χ1v) is 22.7. The van der Waals surface area contributed by atoms with Crippen molar-refractivity contribution in [3.8, 4) is 0 Å². The van der Waals surface area contributed by atoms with Gasteiger partial charge in [0.25, 0.3) is 0 Å². The van der Waals surface area contributed by atoms with E-state index in [0.29, 0.717) is 8.77 Å². The van der Waals surface area contributed by atoms with E-state index in [0.717, 1.165) is 74.7 Å². The zero-order valence-electron chi connectivity index (χ0n) is 31.6. The van der Waals surface area contributed by atoms with Crippen LogP contribution in [0.5, 0.6) is 0 Å². The Morgan fingerprint density at radius 2 is 0.925 bits per heavy atom. The monoisotopic (exact) mass is 802 g/mol. The molecule has 2 heterocycles. The highest BCUT2D eigenvalue weighted by Crippen LogP contribution is 2.33. The predicted octanol–water partition coefficient (Wildman–Crippen LogP) is 11.9. The van der Waals surface area contributed by atoms with Gasteiger partial charge in [-0.25, -0.2) is 9.59 Å². The Morgan fingerprint density at radius 3 is 1.40 bits per heavy atom. The molecule has 1 saturated carbocycles. The zero-order chi connectivity index (χ0) is 37.6. The van der Waals surface area contributed by atoms with Crippen LogP contribution in [-0.4, -0.2) is 57.6 Å². The van der Waals surface area contributed by atoms with Crippen LogP contribution in [0.25, 0.3) is 0 Å². The van der Waals surface area contributed by atoms with Crippen molar-refractivity contribution in [2.75, 3.05) is 24.7 Å². The van der Waals surface area contributed by atoms with E-state index in [4.69, 9.17) is 43.4 Å². The van der Waals surface area contributed by atoms with Gasteiger partial charge >= 0.3 is 11.9 Å². The number of hydrogen-bond acceptors (Lipinski definition) is 10. The highest BCUT2D eigenvalue weighted by atomic mass is 32.2. The number of rotatable bonds is 28. The summed E-state index contributed by atoms with van der Waals surface area (Å²) >= 11 is 12.9. The van der Waals surface area contributed by atoms with Crippen LogP contribution in [0.1, 0.15) is 122 Å². The Bertz CT molecular complexity index is 1260. The van der Waals surface area contributed by atoms with E-state index in [1.54, 1.807) is 0 Å². The van der Waals surface area contributed by atoms with Crippen LogP contribution in [0.4, 0.5) is 0 Å². The van der Waals surface area contributed by atoms with Crippen molar-refractivity contribution in [1.29, 1.82) is 0 Å². The fourth-order valence-corrected chi connectivity index (χ4v) is 8.35. The van der Waals surface area contributed by atoms with Crippen molar-refractivity contribution in [2.45, 2.75) is 134 Å². The lowest BCUT2D eigenvalue weighted by atomic mass is 10.0. The molecule has 0 radical (unpaired) electrons. The van der Waals surface area contributed by atoms with E-state index >= 15 is 0 Å². The number of allylic oxidation sites excluding steroid dienone is 10. The molecule has 4 unspecified atom stereocenters. The normalized spacial score (nSPS) is 22.1. The highest BCUT2D eigenvalue weighted by Gasteiger charge is 2.23. The van der Waals surface area contributed by atoms with Crippen molar-refractivity contribution in [3.05, 3.63) is 72.9 Å². The van der Waals surface area contributed by atoms with Gasteiger partial charge in [-0.05, 0) is 133 Å². The predicted molar refractivity (Wildman–Crippen MR) is 231 cm³/mol. The van der Waals surface area contributed by atoms with Gasteiger partial charge in [-0.3, -0.25) is 0 Å². The standard InChI is InChI=1S/C43H62O6S4/c44-40(46-32-38-34-52-42(50)48-38)27-23-19-15-11-7-3-1-5-9-13-17-21-25-36-29-30-37(31-36)26-22-18-14-10-6-2-4-8-12-16-20-24-28-41(45)47-33-39-35-53-43(51)49-39/h5,8-9,12,21-28,36-39H,1-4,6-7,10-11,13-20,29-35H2/b9-5+,12-8+,25-21+,26-22+,27-23+,28-24+. The van der Waals surface area contributed by atoms with E-state index in [2.05, 4.69) is 48.6 Å². The SMILES string of the molecule is O=C(/C=C/CC/C=C/CCCCCC/C=C/C1CCC(/C=C/CC/C=C/CCCCCC/C=C/C(=O)OCC2CSC(=S)O2)C1)OCC1CSC(=S)O1. The summed E-state index contributed by atoms with van der Waals surface area (Å²) in [5.41, 5.74) is 0. The first-order valence-electron chi connectivity index (χ1n) is 19.9. The van der Waals surface area contributed by atoms with Crippen molar-refractivity contribution in [1.82, 2.24) is 0 Å². The first kappa shape index (κ1) is 45.3. The molecule has 0 aromatic heterocycles. The Morgan fingerprint density at radius 1 is 0.547 bits per heavy atom. The number of thiocarbonyl (C=S) groups is 2. The second-order valence-corrected chi connectivity index (χ2v) is 17.2. The molecule has 53 heavy (non-hydrogen) atoms. The lowest BCUT2D eigenvalue weighted by Crippen LogP contribution is -2.19. The minimum absolute atomic E-state index is 0.106. The van der Waals surface area contributed by atoms with E-state index in [-0.39, 0.29) is 37.4 Å². The summed E-state index contributed by atoms with van der Waals surface area (Å²) in [6, 6.07) is 0. The van der Waals surface area contributed by atoms with Gasteiger partial charge in [0.2, 0.25) is 8.77 Å². The zero-order valence-corrected chi connectivity index (χ0v) is 34.8. The summed E-state index contributed by atoms with van der Waals surface area (Å²) in [6.07, 6.45) is 47.9. The Kier molecular flexibility index (Phi) is 25.7. The summed E-state index contributed by atoms with van der Waals surface area (Å²) in [5.74, 6) is 2.40. The number of ether oxygens (including phenoxy) is 4. The molecule has 3 rings (SSSR count). The molecule has 10 heteroatoms. The lowest BCUT2D eigenvalue weighted by molar-refractivity contribution is -0.140. The lowest BCUT2D eigenvalue weighted by Gasteiger charge is -2.08. The number of thioether (sulfide) groups is 2. The third-order valence-corrected chi connectivity index (χ3v) is 11.9. The van der Waals surface area contributed by atoms with Crippen LogP contribution in [0.2, 0.25) is 0 Å². The van der Waals surface area contributed by atoms with Crippen LogP contribution in [-0.2, 0) is 28.5 Å². The second kappa shape index (κ2) is 30.1. The maximum atomic E-state index is 11.8. The van der Waals surface area contributed by atoms with Gasteiger partial charge in [-0.15, -0.1) is 0 Å². The van der Waals surface area contributed by atoms with Crippen LogP contribution in [0, 0.1) is 11.8 Å². The van der Waals surface area contributed by atoms with Gasteiger partial charge in [-0.1, -0.05) is 110 Å². The summed E-state index contributed by atoms with van der Waals surface area (Å²) in [7, 11) is 0. The van der Waals surface area contributed by atoms with Crippen molar-refractivity contribution >= 4 is 68.7 Å². The Hall–Kier alpha value is -2.14. The maximum Gasteiger partial charge on any atom is 0.330 e. The smallest absolute Gasteiger partial charge is 0.330 e. The Balaban J connectivity index is 1.03. The van der Waals surface area contributed by atoms with Gasteiger partial charge in [0, 0.05) is 23.7 Å². The summed E-state index contributed by atoms with van der Waals surface area (Å²) in [4.78, 5) is 23.5. The first-order chi connectivity index (χ1) is 26.0. The summed E-state index contributed by atoms with van der Waals surface area (Å²) in [6.45, 7) is 0.524. The van der Waals surface area contributed by atoms with Gasteiger partial charge in [-0.2, -0.15) is 0 Å². The third kappa shape index (κ3) is 24.1. The Labute approximate surface area is 339 Å². The summed E-state index contributed by atoms with van der Waals surface area (Å²) in [5, 5.41) is 0. The minimum Gasteiger partial charge on any atom is -0.471 e. The van der Waals surface area contributed by atoms with Crippen molar-refractivity contribution < 1.29 is 28.5 Å². The van der Waals surface area contributed by atoms with Crippen LogP contribution in [0.15, 0.2) is 72.9 Å². The molecular formula is C43H62O6S4. The number of unbranched alkanes of at least 4 members (excludes halogenated alkanes) is 12. The number of esters is 2. The molecule has 0 aromatic carbocycles. The number of carbonyl (C=O) groups excluding carboxylic acids is 2. The average molecular weight is 803 g/mol. The largest absolute Gasteiger partial charge is 0.471 e. The molecular weight excluding hydrogens is 741 g/mol. The molecule has 4 atom stereocenters. The fourth-order valence-electron chi connectivity index (χ4n) is 6.29. The molecule has 294 valence electrons. The van der Waals surface area contributed by atoms with Gasteiger partial charge in [0.1, 0.15) is 25.4 Å². The third-order valence-electron chi connectivity index (χ3n) is 9.28. The van der Waals surface area contributed by atoms with Gasteiger partial charge in [0.05, 0.1) is 0 Å². The molecule has 3 fully saturated rings. The van der Waals surface area contributed by atoms with Gasteiger partial charge in [0.15, 0.2) is 0 Å². The van der Waals surface area contributed by atoms with E-state index in [9.17, 15) is 9.59 Å². The molecule has 0 aromatic rings. The quantitative estimate of drug-likeness (QED) is 0.0251. The van der Waals surface area contributed by atoms with Crippen molar-refractivity contribution in [2.24, 2.45) is 11.8 Å². The number of carbonyl (C=O) groups is 2. The highest BCUT2D eigenvalue weighted by molar-refractivity contribution is 8.23. The fraction of sp³-hybridized carbons (Fsp3) is 0.628. The van der Waals surface area contributed by atoms with Gasteiger partial charge < -0.3 is 18.9 Å². The molecule has 0 bridgehead atoms. The van der Waals surface area contributed by atoms with Crippen LogP contribution < -0.4 is 0 Å². The second-order valence-electron chi connectivity index (χ2n) is 13.9. The molecule has 0 N–H and O–H groups in total. The van der Waals surface area contributed by atoms with Crippen LogP contribution >= 0.6 is 48.0 Å². The number of hydrogen-bond donors (Lipinski definition) is 0. The summed E-state index contributed by atoms with van der Waals surface area (Å²) < 4.78 is 22.2. The van der Waals surface area contributed by atoms with E-state index in [1.807, 2.05) is 12.2 Å². The molecule has 6 nitrogen and oxygen atoms in total. The molecule has 2 aliphatic heterocycles. The molecule has 0 spiro atoms. The van der Waals surface area contributed by atoms with Crippen LogP contribution in [0.3, 0.4) is 0 Å². The van der Waals surface area contributed by atoms with E-state index < -0.39 is 0 Å². The average Bonchev–Trinajstić information content (AvgIpc) is 3.91. The van der Waals surface area contributed by atoms with E-state index in [1.165, 1.54) is 106 Å². The molecule has 2 saturated heterocycles. The van der Waals surface area contributed by atoms with Crippen molar-refractivity contribution in [3.63, 3.8) is 0 Å². The topological polar surface area (TPSA) is 71.1 Å². The molecule has 3 aliphatic rings. The molecule has 1 aliphatic carbocycles. The minimum atomic E-state index is -0.316.